The highest BCUT2D eigenvalue weighted by molar-refractivity contribution is 4.78. The van der Waals surface area contributed by atoms with Gasteiger partial charge in [0, 0.05) is 6.54 Å². The number of likely N-dealkylation sites (tertiary alicyclic amines) is 1. The predicted molar refractivity (Wildman–Crippen MR) is 52.2 cm³/mol. The van der Waals surface area contributed by atoms with Crippen LogP contribution in [0.3, 0.4) is 0 Å². The van der Waals surface area contributed by atoms with Crippen molar-refractivity contribution < 1.29 is 0 Å². The Morgan fingerprint density at radius 2 is 1.83 bits per heavy atom. The molecule has 1 nitrogen and oxygen atoms in total. The van der Waals surface area contributed by atoms with Gasteiger partial charge in [0.15, 0.2) is 0 Å². The van der Waals surface area contributed by atoms with E-state index in [1.54, 1.807) is 0 Å². The highest BCUT2D eigenvalue weighted by Gasteiger charge is 2.26. The third-order valence-electron chi connectivity index (χ3n) is 3.73. The molecular formula is C11H21N. The van der Waals surface area contributed by atoms with Crippen LogP contribution in [0.2, 0.25) is 0 Å². The van der Waals surface area contributed by atoms with Gasteiger partial charge in [0.25, 0.3) is 0 Å². The normalized spacial score (nSPS) is 37.8. The van der Waals surface area contributed by atoms with Gasteiger partial charge in [-0.1, -0.05) is 19.8 Å². The maximum atomic E-state index is 2.67. The van der Waals surface area contributed by atoms with Crippen LogP contribution in [0, 0.1) is 11.8 Å². The standard InChI is InChI=1S/C11H21N/c1-10-5-4-6-11(10)9-12-7-2-3-8-12/h10-11H,2-9H2,1H3. The second kappa shape index (κ2) is 3.78. The Morgan fingerprint density at radius 3 is 2.42 bits per heavy atom. The molecule has 1 aliphatic heterocycles. The van der Waals surface area contributed by atoms with E-state index >= 15 is 0 Å². The van der Waals surface area contributed by atoms with Crippen molar-refractivity contribution in [3.8, 4) is 0 Å². The van der Waals surface area contributed by atoms with Crippen LogP contribution in [0.4, 0.5) is 0 Å². The minimum atomic E-state index is 1.01. The smallest absolute Gasteiger partial charge is 0.00122 e. The molecule has 70 valence electrons. The first kappa shape index (κ1) is 8.55. The van der Waals surface area contributed by atoms with E-state index in [2.05, 4.69) is 11.8 Å². The molecule has 0 N–H and O–H groups in total. The lowest BCUT2D eigenvalue weighted by Gasteiger charge is -2.22. The van der Waals surface area contributed by atoms with Crippen LogP contribution in [0.25, 0.3) is 0 Å². The first-order valence-corrected chi connectivity index (χ1v) is 5.58. The molecule has 1 heterocycles. The second-order valence-electron chi connectivity index (χ2n) is 4.68. The van der Waals surface area contributed by atoms with Crippen LogP contribution < -0.4 is 0 Å². The summed E-state index contributed by atoms with van der Waals surface area (Å²) in [4.78, 5) is 2.67. The topological polar surface area (TPSA) is 3.24 Å². The van der Waals surface area contributed by atoms with Gasteiger partial charge in [-0.15, -0.1) is 0 Å². The minimum Gasteiger partial charge on any atom is -0.303 e. The summed E-state index contributed by atoms with van der Waals surface area (Å²) in [5.41, 5.74) is 0. The van der Waals surface area contributed by atoms with Gasteiger partial charge in [-0.2, -0.15) is 0 Å². The van der Waals surface area contributed by atoms with Crippen LogP contribution in [-0.4, -0.2) is 24.5 Å². The van der Waals surface area contributed by atoms with Gasteiger partial charge >= 0.3 is 0 Å². The highest BCUT2D eigenvalue weighted by atomic mass is 15.1. The van der Waals surface area contributed by atoms with E-state index in [0.29, 0.717) is 0 Å². The first-order valence-electron chi connectivity index (χ1n) is 5.58. The van der Waals surface area contributed by atoms with Crippen molar-refractivity contribution in [3.05, 3.63) is 0 Å². The maximum absolute atomic E-state index is 2.67. The summed E-state index contributed by atoms with van der Waals surface area (Å²) >= 11 is 0. The van der Waals surface area contributed by atoms with Gasteiger partial charge in [-0.25, -0.2) is 0 Å². The molecule has 2 aliphatic rings. The molecule has 1 saturated heterocycles. The van der Waals surface area contributed by atoms with Crippen molar-refractivity contribution in [2.75, 3.05) is 19.6 Å². The molecule has 0 bridgehead atoms. The van der Waals surface area contributed by atoms with Gasteiger partial charge in [-0.05, 0) is 44.2 Å². The van der Waals surface area contributed by atoms with Crippen LogP contribution in [0.5, 0.6) is 0 Å². The van der Waals surface area contributed by atoms with E-state index in [4.69, 9.17) is 0 Å². The molecule has 12 heavy (non-hydrogen) atoms. The van der Waals surface area contributed by atoms with Crippen molar-refractivity contribution in [2.45, 2.75) is 39.0 Å². The zero-order chi connectivity index (χ0) is 8.39. The molecule has 0 amide bonds. The quantitative estimate of drug-likeness (QED) is 0.611. The molecule has 2 atom stereocenters. The monoisotopic (exact) mass is 167 g/mol. The van der Waals surface area contributed by atoms with Crippen LogP contribution in [0.15, 0.2) is 0 Å². The highest BCUT2D eigenvalue weighted by Crippen LogP contribution is 2.32. The number of hydrogen-bond donors (Lipinski definition) is 0. The van der Waals surface area contributed by atoms with Gasteiger partial charge in [0.2, 0.25) is 0 Å². The van der Waals surface area contributed by atoms with Gasteiger partial charge in [0.1, 0.15) is 0 Å². The zero-order valence-electron chi connectivity index (χ0n) is 8.26. The van der Waals surface area contributed by atoms with Crippen molar-refractivity contribution in [1.29, 1.82) is 0 Å². The zero-order valence-corrected chi connectivity index (χ0v) is 8.26. The van der Waals surface area contributed by atoms with E-state index in [0.717, 1.165) is 11.8 Å². The van der Waals surface area contributed by atoms with E-state index in [1.807, 2.05) is 0 Å². The molecule has 0 aromatic heterocycles. The SMILES string of the molecule is CC1CCCC1CN1CCCC1. The molecule has 0 radical (unpaired) electrons. The van der Waals surface area contributed by atoms with Gasteiger partial charge in [-0.3, -0.25) is 0 Å². The number of nitrogens with zero attached hydrogens (tertiary/aromatic N) is 1. The number of hydrogen-bond acceptors (Lipinski definition) is 1. The summed E-state index contributed by atoms with van der Waals surface area (Å²) < 4.78 is 0. The van der Waals surface area contributed by atoms with Crippen molar-refractivity contribution >= 4 is 0 Å². The molecular weight excluding hydrogens is 146 g/mol. The molecule has 0 aromatic rings. The van der Waals surface area contributed by atoms with Crippen molar-refractivity contribution in [2.24, 2.45) is 11.8 Å². The Balaban J connectivity index is 1.77. The second-order valence-corrected chi connectivity index (χ2v) is 4.68. The first-order chi connectivity index (χ1) is 5.86. The summed E-state index contributed by atoms with van der Waals surface area (Å²) in [6, 6.07) is 0. The Labute approximate surface area is 76.1 Å². The average Bonchev–Trinajstić information content (AvgIpc) is 2.65. The lowest BCUT2D eigenvalue weighted by atomic mass is 9.98. The van der Waals surface area contributed by atoms with E-state index < -0.39 is 0 Å². The summed E-state index contributed by atoms with van der Waals surface area (Å²) in [7, 11) is 0. The molecule has 2 fully saturated rings. The predicted octanol–water partition coefficient (Wildman–Crippen LogP) is 2.52. The Bertz CT molecular complexity index is 138. The summed E-state index contributed by atoms with van der Waals surface area (Å²) in [5, 5.41) is 0. The summed E-state index contributed by atoms with van der Waals surface area (Å²) in [6.45, 7) is 6.60. The summed E-state index contributed by atoms with van der Waals surface area (Å²) in [5.74, 6) is 2.04. The third-order valence-corrected chi connectivity index (χ3v) is 3.73. The molecule has 0 spiro atoms. The van der Waals surface area contributed by atoms with Gasteiger partial charge < -0.3 is 4.90 Å². The molecule has 1 aliphatic carbocycles. The lowest BCUT2D eigenvalue weighted by Crippen LogP contribution is -2.27. The average molecular weight is 167 g/mol. The number of rotatable bonds is 2. The van der Waals surface area contributed by atoms with Crippen molar-refractivity contribution in [3.63, 3.8) is 0 Å². The van der Waals surface area contributed by atoms with Crippen molar-refractivity contribution in [1.82, 2.24) is 4.90 Å². The Kier molecular flexibility index (Phi) is 2.69. The minimum absolute atomic E-state index is 1.01. The fourth-order valence-electron chi connectivity index (χ4n) is 2.79. The molecule has 2 rings (SSSR count). The van der Waals surface area contributed by atoms with Crippen LogP contribution in [0.1, 0.15) is 39.0 Å². The largest absolute Gasteiger partial charge is 0.303 e. The third kappa shape index (κ3) is 1.82. The Hall–Kier alpha value is -0.0400. The Morgan fingerprint density at radius 1 is 1.08 bits per heavy atom. The van der Waals surface area contributed by atoms with E-state index in [1.165, 1.54) is 51.7 Å². The van der Waals surface area contributed by atoms with Crippen LogP contribution in [-0.2, 0) is 0 Å². The fourth-order valence-corrected chi connectivity index (χ4v) is 2.79. The maximum Gasteiger partial charge on any atom is 0.00122 e. The molecule has 0 aromatic carbocycles. The lowest BCUT2D eigenvalue weighted by molar-refractivity contribution is 0.249. The fraction of sp³-hybridized carbons (Fsp3) is 1.00. The van der Waals surface area contributed by atoms with E-state index in [-0.39, 0.29) is 0 Å². The summed E-state index contributed by atoms with van der Waals surface area (Å²) in [6.07, 6.45) is 7.36. The molecule has 1 saturated carbocycles. The van der Waals surface area contributed by atoms with E-state index in [9.17, 15) is 0 Å². The van der Waals surface area contributed by atoms with Gasteiger partial charge in [0.05, 0.1) is 0 Å². The molecule has 2 unspecified atom stereocenters. The molecule has 1 heteroatoms. The van der Waals surface area contributed by atoms with Crippen LogP contribution >= 0.6 is 0 Å².